The van der Waals surface area contributed by atoms with E-state index in [9.17, 15) is 14.4 Å². The second kappa shape index (κ2) is 9.58. The molecule has 0 unspecified atom stereocenters. The molecule has 0 spiro atoms. The summed E-state index contributed by atoms with van der Waals surface area (Å²) >= 11 is 6.70. The third kappa shape index (κ3) is 4.95. The largest absolute Gasteiger partial charge is 1.00 e. The number of ether oxygens (including phenoxy) is 1. The average Bonchev–Trinajstić information content (AvgIpc) is 2.62. The zero-order valence-electron chi connectivity index (χ0n) is 14.6. The molecule has 0 aliphatic heterocycles. The second-order valence-corrected chi connectivity index (χ2v) is 7.43. The Bertz CT molecular complexity index is 1110. The normalized spacial score (nSPS) is 10.4. The maximum Gasteiger partial charge on any atom is 0.347 e. The highest BCUT2D eigenvalue weighted by molar-refractivity contribution is 9.11. The van der Waals surface area contributed by atoms with Crippen molar-refractivity contribution in [1.29, 1.82) is 0 Å². The summed E-state index contributed by atoms with van der Waals surface area (Å²) in [6.07, 6.45) is 3.14. The molecule has 0 bridgehead atoms. The third-order valence-electron chi connectivity index (χ3n) is 3.75. The third-order valence-corrected chi connectivity index (χ3v) is 4.79. The van der Waals surface area contributed by atoms with Crippen molar-refractivity contribution in [3.05, 3.63) is 73.2 Å². The molecule has 0 atom stereocenters. The lowest BCUT2D eigenvalue weighted by molar-refractivity contribution is -0.683. The van der Waals surface area contributed by atoms with Crippen LogP contribution in [0.2, 0.25) is 0 Å². The van der Waals surface area contributed by atoms with Crippen LogP contribution in [0.4, 0.5) is 0 Å². The van der Waals surface area contributed by atoms with Crippen LogP contribution in [0.15, 0.2) is 60.9 Å². The van der Waals surface area contributed by atoms with Crippen molar-refractivity contribution >= 4 is 54.6 Å². The van der Waals surface area contributed by atoms with Crippen LogP contribution in [-0.2, 0) is 11.3 Å². The van der Waals surface area contributed by atoms with E-state index in [-0.39, 0.29) is 35.7 Å². The van der Waals surface area contributed by atoms with E-state index in [2.05, 4.69) is 31.9 Å². The lowest BCUT2D eigenvalue weighted by Gasteiger charge is -2.04. The van der Waals surface area contributed by atoms with E-state index >= 15 is 0 Å². The smallest absolute Gasteiger partial charge is 0.347 e. The fourth-order valence-corrected chi connectivity index (χ4v) is 3.90. The van der Waals surface area contributed by atoms with Gasteiger partial charge in [0.1, 0.15) is 11.1 Å². The molecule has 1 aromatic carbocycles. The second-order valence-electron chi connectivity index (χ2n) is 5.66. The number of ketones is 1. The Hall–Kier alpha value is -1.84. The van der Waals surface area contributed by atoms with Crippen LogP contribution in [0.3, 0.4) is 0 Å². The summed E-state index contributed by atoms with van der Waals surface area (Å²) in [4.78, 5) is 36.7. The molecule has 0 saturated carbocycles. The van der Waals surface area contributed by atoms with Crippen LogP contribution in [0.5, 0.6) is 0 Å². The van der Waals surface area contributed by atoms with Gasteiger partial charge in [0.05, 0.1) is 11.1 Å². The minimum atomic E-state index is -0.710. The fraction of sp³-hybridized carbons (Fsp3) is 0.158. The van der Waals surface area contributed by atoms with Gasteiger partial charge in [0, 0.05) is 15.9 Å². The number of hydrogen-bond donors (Lipinski definition) is 0. The summed E-state index contributed by atoms with van der Waals surface area (Å²) in [6, 6.07) is 8.25. The summed E-state index contributed by atoms with van der Waals surface area (Å²) in [7, 11) is 0. The van der Waals surface area contributed by atoms with Crippen molar-refractivity contribution in [3.8, 4) is 0 Å². The van der Waals surface area contributed by atoms with E-state index in [1.165, 1.54) is 16.8 Å². The minimum Gasteiger partial charge on any atom is -1.00 e. The van der Waals surface area contributed by atoms with Crippen molar-refractivity contribution in [2.75, 3.05) is 6.61 Å². The molecule has 2 aromatic heterocycles. The first-order valence-corrected chi connectivity index (χ1v) is 9.60. The van der Waals surface area contributed by atoms with E-state index in [1.54, 1.807) is 37.4 Å². The zero-order valence-corrected chi connectivity index (χ0v) is 19.3. The maximum atomic E-state index is 12.6. The predicted octanol–water partition coefficient (Wildman–Crippen LogP) is 0.669. The van der Waals surface area contributed by atoms with Gasteiger partial charge in [0.2, 0.25) is 12.3 Å². The number of carbonyl (C=O) groups is 2. The molecule has 0 radical (unpaired) electrons. The molecule has 146 valence electrons. The molecule has 9 heteroatoms. The van der Waals surface area contributed by atoms with Gasteiger partial charge in [0.25, 0.3) is 0 Å². The van der Waals surface area contributed by atoms with E-state index in [0.29, 0.717) is 21.0 Å². The molecule has 0 N–H and O–H groups in total. The van der Waals surface area contributed by atoms with E-state index in [4.69, 9.17) is 9.15 Å². The molecule has 2 heterocycles. The molecule has 6 nitrogen and oxygen atoms in total. The molecule has 3 aromatic rings. The summed E-state index contributed by atoms with van der Waals surface area (Å²) in [5, 5.41) is 0.615. The zero-order chi connectivity index (χ0) is 19.6. The molecule has 0 aliphatic rings. The molecular weight excluding hydrogens is 562 g/mol. The number of carbonyl (C=O) groups excluding carboxylic acids is 2. The van der Waals surface area contributed by atoms with Crippen molar-refractivity contribution in [2.24, 2.45) is 0 Å². The first-order chi connectivity index (χ1) is 12.9. The van der Waals surface area contributed by atoms with Crippen molar-refractivity contribution in [1.82, 2.24) is 0 Å². The van der Waals surface area contributed by atoms with Crippen molar-refractivity contribution in [3.63, 3.8) is 0 Å². The highest BCUT2D eigenvalue weighted by atomic mass is 79.9. The molecule has 0 aliphatic carbocycles. The van der Waals surface area contributed by atoms with Crippen LogP contribution in [0.1, 0.15) is 27.6 Å². The van der Waals surface area contributed by atoms with Gasteiger partial charge >= 0.3 is 11.6 Å². The number of Topliss-reactive ketones (excluding diaryl/α,β-unsaturated/α-hetero) is 1. The summed E-state index contributed by atoms with van der Waals surface area (Å²) in [5.41, 5.74) is -0.0681. The highest BCUT2D eigenvalue weighted by Crippen LogP contribution is 2.28. The van der Waals surface area contributed by atoms with Gasteiger partial charge in [-0.25, -0.2) is 9.59 Å². The fourth-order valence-electron chi connectivity index (χ4n) is 2.56. The van der Waals surface area contributed by atoms with Gasteiger partial charge in [0.15, 0.2) is 18.0 Å². The Labute approximate surface area is 187 Å². The Kier molecular flexibility index (Phi) is 7.68. The van der Waals surface area contributed by atoms with Crippen LogP contribution in [0.25, 0.3) is 11.0 Å². The van der Waals surface area contributed by atoms with Gasteiger partial charge in [-0.05, 0) is 47.1 Å². The lowest BCUT2D eigenvalue weighted by atomic mass is 10.1. The number of aromatic nitrogens is 1. The molecule has 28 heavy (non-hydrogen) atoms. The standard InChI is InChI=1S/C19H14Br2NO5.BrH/c1-2-26-18(24)11-4-3-5-22(9-11)10-16(23)14-7-12-6-13(20)8-15(21)17(12)27-19(14)25;/h3-9H,2,10H2,1H3;1H/q+1;/p-1. The molecule has 0 saturated heterocycles. The first kappa shape index (κ1) is 22.4. The predicted molar refractivity (Wildman–Crippen MR) is 105 cm³/mol. The summed E-state index contributed by atoms with van der Waals surface area (Å²) in [5.74, 6) is -0.896. The SMILES string of the molecule is CCOC(=O)c1ccc[n+](CC(=O)c2cc3cc(Br)cc(Br)c3oc2=O)c1.[Br-]. The summed E-state index contributed by atoms with van der Waals surface area (Å²) in [6.45, 7) is 1.86. The van der Waals surface area contributed by atoms with Gasteiger partial charge in [-0.15, -0.1) is 0 Å². The highest BCUT2D eigenvalue weighted by Gasteiger charge is 2.20. The Morgan fingerprint density at radius 2 is 1.96 bits per heavy atom. The number of benzene rings is 1. The van der Waals surface area contributed by atoms with Crippen molar-refractivity contribution in [2.45, 2.75) is 13.5 Å². The van der Waals surface area contributed by atoms with Crippen LogP contribution in [-0.4, -0.2) is 18.4 Å². The minimum absolute atomic E-state index is 0. The van der Waals surface area contributed by atoms with Gasteiger partial charge in [-0.2, -0.15) is 4.57 Å². The quantitative estimate of drug-likeness (QED) is 0.193. The van der Waals surface area contributed by atoms with Crippen LogP contribution < -0.4 is 27.2 Å². The van der Waals surface area contributed by atoms with E-state index in [1.807, 2.05) is 0 Å². The van der Waals surface area contributed by atoms with Gasteiger partial charge < -0.3 is 26.1 Å². The van der Waals surface area contributed by atoms with Gasteiger partial charge in [-0.1, -0.05) is 15.9 Å². The molecular formula is C19H14Br3NO5. The lowest BCUT2D eigenvalue weighted by Crippen LogP contribution is -3.00. The average molecular weight is 576 g/mol. The van der Waals surface area contributed by atoms with E-state index in [0.717, 1.165) is 4.47 Å². The monoisotopic (exact) mass is 573 g/mol. The Balaban J connectivity index is 0.00000280. The number of nitrogens with zero attached hydrogens (tertiary/aromatic N) is 1. The van der Waals surface area contributed by atoms with Crippen LogP contribution >= 0.6 is 31.9 Å². The number of pyridine rings is 1. The van der Waals surface area contributed by atoms with E-state index < -0.39 is 17.4 Å². The first-order valence-electron chi connectivity index (χ1n) is 8.01. The molecule has 3 rings (SSSR count). The van der Waals surface area contributed by atoms with Crippen molar-refractivity contribution < 1.29 is 40.3 Å². The van der Waals surface area contributed by atoms with Gasteiger partial charge in [-0.3, -0.25) is 4.79 Å². The molecule has 0 fully saturated rings. The maximum absolute atomic E-state index is 12.6. The topological polar surface area (TPSA) is 77.5 Å². The summed E-state index contributed by atoms with van der Waals surface area (Å²) < 4.78 is 13.2. The number of esters is 1. The number of rotatable bonds is 5. The number of fused-ring (bicyclic) bond motifs is 1. The Morgan fingerprint density at radius 3 is 2.68 bits per heavy atom. The van der Waals surface area contributed by atoms with Crippen LogP contribution in [0, 0.1) is 0 Å². The number of halogens is 3. The molecule has 0 amide bonds. The Morgan fingerprint density at radius 1 is 1.21 bits per heavy atom. The number of hydrogen-bond acceptors (Lipinski definition) is 5.